The van der Waals surface area contributed by atoms with Crippen molar-refractivity contribution < 1.29 is 9.59 Å². The van der Waals surface area contributed by atoms with Crippen LogP contribution in [0.5, 0.6) is 0 Å². The second-order valence-electron chi connectivity index (χ2n) is 6.58. The van der Waals surface area contributed by atoms with Gasteiger partial charge < -0.3 is 19.8 Å². The van der Waals surface area contributed by atoms with E-state index in [0.29, 0.717) is 42.8 Å². The van der Waals surface area contributed by atoms with Gasteiger partial charge in [0.15, 0.2) is 0 Å². The van der Waals surface area contributed by atoms with Gasteiger partial charge in [0.2, 0.25) is 5.91 Å². The van der Waals surface area contributed by atoms with Gasteiger partial charge in [0.05, 0.1) is 11.0 Å². The van der Waals surface area contributed by atoms with Crippen LogP contribution in [0.2, 0.25) is 0 Å². The summed E-state index contributed by atoms with van der Waals surface area (Å²) in [5.74, 6) is 0.398. The van der Waals surface area contributed by atoms with Crippen LogP contribution in [0.4, 0.5) is 0 Å². The number of aromatic amines is 2. The van der Waals surface area contributed by atoms with Crippen molar-refractivity contribution in [2.45, 2.75) is 19.3 Å². The smallest absolute Gasteiger partial charge is 0.323 e. The van der Waals surface area contributed by atoms with Gasteiger partial charge in [-0.3, -0.25) is 9.59 Å². The van der Waals surface area contributed by atoms with E-state index in [1.807, 2.05) is 4.90 Å². The summed E-state index contributed by atoms with van der Waals surface area (Å²) < 4.78 is 0. The van der Waals surface area contributed by atoms with Crippen LogP contribution < -0.4 is 5.69 Å². The number of rotatable bonds is 2. The second-order valence-corrected chi connectivity index (χ2v) is 6.58. The van der Waals surface area contributed by atoms with Crippen molar-refractivity contribution in [1.29, 1.82) is 0 Å². The van der Waals surface area contributed by atoms with Gasteiger partial charge in [-0.1, -0.05) is 6.42 Å². The molecule has 4 rings (SSSR count). The van der Waals surface area contributed by atoms with Gasteiger partial charge in [-0.2, -0.15) is 0 Å². The molecule has 2 heterocycles. The van der Waals surface area contributed by atoms with Gasteiger partial charge in [0, 0.05) is 37.7 Å². The van der Waals surface area contributed by atoms with Crippen LogP contribution in [0.1, 0.15) is 29.6 Å². The van der Waals surface area contributed by atoms with Gasteiger partial charge in [-0.25, -0.2) is 4.79 Å². The van der Waals surface area contributed by atoms with E-state index in [-0.39, 0.29) is 23.4 Å². The standard InChI is InChI=1S/C17H20N4O3/c22-15(11-2-1-3-11)20-6-8-21(9-7-20)16(23)12-4-5-13-14(10-12)19-17(24)18-13/h4-5,10-11H,1-3,6-9H2,(H2,18,19,24). The normalized spacial score (nSPS) is 18.7. The Labute approximate surface area is 138 Å². The average molecular weight is 328 g/mol. The zero-order chi connectivity index (χ0) is 16.7. The topological polar surface area (TPSA) is 89.3 Å². The minimum Gasteiger partial charge on any atom is -0.339 e. The van der Waals surface area contributed by atoms with Crippen molar-refractivity contribution in [3.8, 4) is 0 Å². The van der Waals surface area contributed by atoms with Crippen molar-refractivity contribution in [2.75, 3.05) is 26.2 Å². The molecule has 2 aromatic rings. The summed E-state index contributed by atoms with van der Waals surface area (Å²) in [4.78, 5) is 45.2. The number of hydrogen-bond acceptors (Lipinski definition) is 3. The summed E-state index contributed by atoms with van der Waals surface area (Å²) in [5, 5.41) is 0. The Morgan fingerprint density at radius 3 is 2.29 bits per heavy atom. The molecule has 1 aliphatic heterocycles. The predicted octanol–water partition coefficient (Wildman–Crippen LogP) is 0.941. The molecule has 2 fully saturated rings. The molecule has 2 amide bonds. The summed E-state index contributed by atoms with van der Waals surface area (Å²) in [7, 11) is 0. The number of imidazole rings is 1. The van der Waals surface area contributed by atoms with Crippen LogP contribution in [0.15, 0.2) is 23.0 Å². The van der Waals surface area contributed by atoms with E-state index >= 15 is 0 Å². The van der Waals surface area contributed by atoms with Gasteiger partial charge in [-0.05, 0) is 31.0 Å². The fourth-order valence-electron chi connectivity index (χ4n) is 3.39. The Kier molecular flexibility index (Phi) is 3.63. The Morgan fingerprint density at radius 2 is 1.62 bits per heavy atom. The maximum Gasteiger partial charge on any atom is 0.323 e. The Balaban J connectivity index is 1.43. The van der Waals surface area contributed by atoms with Crippen LogP contribution in [0, 0.1) is 5.92 Å². The van der Waals surface area contributed by atoms with Gasteiger partial charge >= 0.3 is 5.69 Å². The fraction of sp³-hybridized carbons (Fsp3) is 0.471. The number of benzene rings is 1. The molecule has 0 radical (unpaired) electrons. The lowest BCUT2D eigenvalue weighted by atomic mass is 9.84. The summed E-state index contributed by atoms with van der Waals surface area (Å²) in [5.41, 5.74) is 1.59. The molecule has 126 valence electrons. The minimum atomic E-state index is -0.280. The molecule has 7 nitrogen and oxygen atoms in total. The lowest BCUT2D eigenvalue weighted by Gasteiger charge is -2.38. The number of fused-ring (bicyclic) bond motifs is 1. The molecular weight excluding hydrogens is 308 g/mol. The molecule has 24 heavy (non-hydrogen) atoms. The van der Waals surface area contributed by atoms with Crippen molar-refractivity contribution in [2.24, 2.45) is 5.92 Å². The second kappa shape index (κ2) is 5.81. The third-order valence-electron chi connectivity index (χ3n) is 5.10. The first kappa shape index (κ1) is 15.0. The summed E-state index contributed by atoms with van der Waals surface area (Å²) in [6, 6.07) is 5.15. The number of nitrogens with zero attached hydrogens (tertiary/aromatic N) is 2. The highest BCUT2D eigenvalue weighted by molar-refractivity contribution is 5.97. The number of hydrogen-bond donors (Lipinski definition) is 2. The molecule has 1 saturated heterocycles. The van der Waals surface area contributed by atoms with E-state index in [4.69, 9.17) is 0 Å². The molecule has 7 heteroatoms. The molecule has 1 aromatic carbocycles. The number of carbonyl (C=O) groups excluding carboxylic acids is 2. The molecule has 1 aromatic heterocycles. The first-order chi connectivity index (χ1) is 11.6. The highest BCUT2D eigenvalue weighted by Gasteiger charge is 2.32. The zero-order valence-corrected chi connectivity index (χ0v) is 13.4. The first-order valence-corrected chi connectivity index (χ1v) is 8.42. The summed E-state index contributed by atoms with van der Waals surface area (Å²) in [6.07, 6.45) is 3.16. The molecule has 0 unspecified atom stereocenters. The van der Waals surface area contributed by atoms with E-state index in [1.54, 1.807) is 23.1 Å². The van der Waals surface area contributed by atoms with Crippen LogP contribution in [-0.4, -0.2) is 57.8 Å². The predicted molar refractivity (Wildman–Crippen MR) is 88.7 cm³/mol. The number of carbonyl (C=O) groups is 2. The quantitative estimate of drug-likeness (QED) is 0.860. The van der Waals surface area contributed by atoms with Crippen molar-refractivity contribution in [3.63, 3.8) is 0 Å². The zero-order valence-electron chi connectivity index (χ0n) is 13.4. The Hall–Kier alpha value is -2.57. The molecule has 1 saturated carbocycles. The maximum absolute atomic E-state index is 12.6. The fourth-order valence-corrected chi connectivity index (χ4v) is 3.39. The molecule has 0 bridgehead atoms. The largest absolute Gasteiger partial charge is 0.339 e. The van der Waals surface area contributed by atoms with E-state index < -0.39 is 0 Å². The molecule has 0 spiro atoms. The summed E-state index contributed by atoms with van der Waals surface area (Å²) in [6.45, 7) is 2.31. The number of aromatic nitrogens is 2. The van der Waals surface area contributed by atoms with E-state index in [1.165, 1.54) is 0 Å². The molecule has 2 aliphatic rings. The number of amides is 2. The molecule has 1 aliphatic carbocycles. The van der Waals surface area contributed by atoms with Crippen molar-refractivity contribution in [1.82, 2.24) is 19.8 Å². The third-order valence-corrected chi connectivity index (χ3v) is 5.10. The van der Waals surface area contributed by atoms with Gasteiger partial charge in [0.1, 0.15) is 0 Å². The monoisotopic (exact) mass is 328 g/mol. The van der Waals surface area contributed by atoms with Crippen molar-refractivity contribution >= 4 is 22.8 Å². The highest BCUT2D eigenvalue weighted by atomic mass is 16.2. The van der Waals surface area contributed by atoms with Crippen molar-refractivity contribution in [3.05, 3.63) is 34.2 Å². The molecular formula is C17H20N4O3. The van der Waals surface area contributed by atoms with E-state index in [9.17, 15) is 14.4 Å². The van der Waals surface area contributed by atoms with E-state index in [0.717, 1.165) is 19.3 Å². The summed E-state index contributed by atoms with van der Waals surface area (Å²) >= 11 is 0. The van der Waals surface area contributed by atoms with Crippen LogP contribution in [-0.2, 0) is 4.79 Å². The molecule has 0 atom stereocenters. The number of piperazine rings is 1. The van der Waals surface area contributed by atoms with Gasteiger partial charge in [-0.15, -0.1) is 0 Å². The minimum absolute atomic E-state index is 0.0605. The molecule has 2 N–H and O–H groups in total. The Morgan fingerprint density at radius 1 is 0.958 bits per heavy atom. The van der Waals surface area contributed by atoms with Gasteiger partial charge in [0.25, 0.3) is 5.91 Å². The van der Waals surface area contributed by atoms with Crippen LogP contribution >= 0.6 is 0 Å². The number of H-pyrrole nitrogens is 2. The average Bonchev–Trinajstić information content (AvgIpc) is 2.91. The van der Waals surface area contributed by atoms with E-state index in [2.05, 4.69) is 9.97 Å². The SMILES string of the molecule is O=C(c1ccc2[nH]c(=O)[nH]c2c1)N1CCN(C(=O)C2CCC2)CC1. The van der Waals surface area contributed by atoms with Crippen LogP contribution in [0.25, 0.3) is 11.0 Å². The lowest BCUT2D eigenvalue weighted by molar-refractivity contribution is -0.139. The first-order valence-electron chi connectivity index (χ1n) is 8.42. The highest BCUT2D eigenvalue weighted by Crippen LogP contribution is 2.28. The number of nitrogens with one attached hydrogen (secondary N) is 2. The lowest BCUT2D eigenvalue weighted by Crippen LogP contribution is -2.52. The Bertz CT molecular complexity index is 841. The van der Waals surface area contributed by atoms with Crippen LogP contribution in [0.3, 0.4) is 0 Å². The maximum atomic E-state index is 12.6. The third kappa shape index (κ3) is 2.60.